The Kier molecular flexibility index (Phi) is 6.65. The average Bonchev–Trinajstić information content (AvgIpc) is 3.00. The Morgan fingerprint density at radius 1 is 1.32 bits per heavy atom. The van der Waals surface area contributed by atoms with Gasteiger partial charge in [-0.05, 0) is 56.4 Å². The predicted molar refractivity (Wildman–Crippen MR) is 112 cm³/mol. The zero-order chi connectivity index (χ0) is 20.1. The second-order valence-electron chi connectivity index (χ2n) is 7.59. The third kappa shape index (κ3) is 4.34. The molecule has 3 rings (SSSR count). The number of benzene rings is 1. The number of aromatic nitrogens is 1. The van der Waals surface area contributed by atoms with Crippen molar-refractivity contribution in [2.75, 3.05) is 13.7 Å². The molecule has 1 atom stereocenters. The van der Waals surface area contributed by atoms with Crippen LogP contribution in [-0.2, 0) is 16.0 Å². The van der Waals surface area contributed by atoms with Crippen LogP contribution in [0.2, 0.25) is 0 Å². The van der Waals surface area contributed by atoms with E-state index in [4.69, 9.17) is 9.73 Å². The molecule has 1 aliphatic carbocycles. The maximum atomic E-state index is 12.5. The molecule has 1 fully saturated rings. The van der Waals surface area contributed by atoms with Crippen molar-refractivity contribution in [3.05, 3.63) is 29.5 Å². The minimum Gasteiger partial charge on any atom is -0.497 e. The fraction of sp³-hybridized carbons (Fsp3) is 0.522. The summed E-state index contributed by atoms with van der Waals surface area (Å²) < 4.78 is 5.35. The number of nitrogens with zero attached hydrogens (tertiary/aromatic N) is 1. The lowest BCUT2D eigenvalue weighted by Gasteiger charge is -2.22. The molecular weight excluding hydrogens is 352 g/mol. The summed E-state index contributed by atoms with van der Waals surface area (Å²) in [6.07, 6.45) is 5.12. The van der Waals surface area contributed by atoms with Crippen molar-refractivity contribution in [1.29, 1.82) is 0 Å². The fourth-order valence-corrected chi connectivity index (χ4v) is 4.07. The standard InChI is InChI=1S/C23H30N2O3/c1-4-5-8-21(26)23-20(7-6-9-22(23)27)24-13-12-17-15(2)25-19-11-10-16(28-3)14-18(17)19/h10-11,14,23,25H,4-9,12-13H2,1-3H3/t23-/m1/s1. The van der Waals surface area contributed by atoms with Crippen LogP contribution in [0.15, 0.2) is 23.2 Å². The molecule has 0 bridgehead atoms. The van der Waals surface area contributed by atoms with E-state index in [1.165, 1.54) is 5.56 Å². The van der Waals surface area contributed by atoms with Gasteiger partial charge in [0, 0.05) is 41.7 Å². The van der Waals surface area contributed by atoms with E-state index in [1.54, 1.807) is 7.11 Å². The molecule has 5 nitrogen and oxygen atoms in total. The van der Waals surface area contributed by atoms with Crippen LogP contribution in [0.3, 0.4) is 0 Å². The molecule has 150 valence electrons. The highest BCUT2D eigenvalue weighted by Crippen LogP contribution is 2.27. The van der Waals surface area contributed by atoms with Crippen molar-refractivity contribution < 1.29 is 14.3 Å². The molecule has 2 aromatic rings. The number of hydrogen-bond donors (Lipinski definition) is 1. The zero-order valence-corrected chi connectivity index (χ0v) is 17.1. The van der Waals surface area contributed by atoms with Gasteiger partial charge >= 0.3 is 0 Å². The van der Waals surface area contributed by atoms with Crippen LogP contribution in [-0.4, -0.2) is 35.9 Å². The van der Waals surface area contributed by atoms with Crippen molar-refractivity contribution >= 4 is 28.2 Å². The van der Waals surface area contributed by atoms with E-state index in [0.717, 1.165) is 60.2 Å². The first kappa shape index (κ1) is 20.3. The largest absolute Gasteiger partial charge is 0.497 e. The van der Waals surface area contributed by atoms with Crippen LogP contribution in [0, 0.1) is 12.8 Å². The van der Waals surface area contributed by atoms with Crippen LogP contribution < -0.4 is 4.74 Å². The SMILES string of the molecule is CCCCC(=O)[C@@H]1C(=O)CCCC1=NCCc1c(C)[nH]c2ccc(OC)cc12. The van der Waals surface area contributed by atoms with E-state index in [1.807, 2.05) is 18.2 Å². The number of Topliss-reactive ketones (excluding diaryl/α,β-unsaturated/α-hetero) is 2. The van der Waals surface area contributed by atoms with Crippen LogP contribution in [0.25, 0.3) is 10.9 Å². The number of nitrogens with one attached hydrogen (secondary N) is 1. The fourth-order valence-electron chi connectivity index (χ4n) is 4.07. The molecule has 1 aromatic carbocycles. The number of aromatic amines is 1. The molecular formula is C23H30N2O3. The Bertz CT molecular complexity index is 895. The molecule has 1 N–H and O–H groups in total. The topological polar surface area (TPSA) is 71.5 Å². The Morgan fingerprint density at radius 2 is 2.14 bits per heavy atom. The molecule has 1 aliphatic rings. The van der Waals surface area contributed by atoms with E-state index < -0.39 is 5.92 Å². The van der Waals surface area contributed by atoms with E-state index in [2.05, 4.69) is 18.8 Å². The number of H-pyrrole nitrogens is 1. The molecule has 1 heterocycles. The third-order valence-electron chi connectivity index (χ3n) is 5.61. The summed E-state index contributed by atoms with van der Waals surface area (Å²) >= 11 is 0. The zero-order valence-electron chi connectivity index (χ0n) is 17.1. The smallest absolute Gasteiger partial charge is 0.149 e. The quantitative estimate of drug-likeness (QED) is 0.678. The lowest BCUT2D eigenvalue weighted by Crippen LogP contribution is -2.35. The number of hydrogen-bond acceptors (Lipinski definition) is 4. The average molecular weight is 383 g/mol. The summed E-state index contributed by atoms with van der Waals surface area (Å²) in [5.74, 6) is 0.348. The Hall–Kier alpha value is -2.43. The molecule has 0 unspecified atom stereocenters. The van der Waals surface area contributed by atoms with Crippen molar-refractivity contribution in [3.63, 3.8) is 0 Å². The van der Waals surface area contributed by atoms with Crippen molar-refractivity contribution in [2.45, 2.75) is 58.8 Å². The van der Waals surface area contributed by atoms with Gasteiger partial charge in [-0.3, -0.25) is 14.6 Å². The van der Waals surface area contributed by atoms with E-state index in [0.29, 0.717) is 19.4 Å². The lowest BCUT2D eigenvalue weighted by molar-refractivity contribution is -0.130. The molecule has 0 spiro atoms. The molecule has 0 saturated heterocycles. The number of aryl methyl sites for hydroxylation is 1. The van der Waals surface area contributed by atoms with Gasteiger partial charge in [-0.25, -0.2) is 0 Å². The number of unbranched alkanes of at least 4 members (excludes halogenated alkanes) is 1. The maximum Gasteiger partial charge on any atom is 0.149 e. The molecule has 5 heteroatoms. The first-order chi connectivity index (χ1) is 13.5. The van der Waals surface area contributed by atoms with Crippen LogP contribution in [0.5, 0.6) is 5.75 Å². The highest BCUT2D eigenvalue weighted by molar-refractivity contribution is 6.22. The maximum absolute atomic E-state index is 12.5. The Labute approximate surface area is 166 Å². The van der Waals surface area contributed by atoms with Crippen molar-refractivity contribution in [1.82, 2.24) is 4.98 Å². The first-order valence-corrected chi connectivity index (χ1v) is 10.3. The lowest BCUT2D eigenvalue weighted by atomic mass is 9.81. The normalized spacial score (nSPS) is 18.8. The number of fused-ring (bicyclic) bond motifs is 1. The molecule has 1 saturated carbocycles. The highest BCUT2D eigenvalue weighted by atomic mass is 16.5. The minimum absolute atomic E-state index is 0.0540. The summed E-state index contributed by atoms with van der Waals surface area (Å²) in [7, 11) is 1.67. The molecule has 28 heavy (non-hydrogen) atoms. The van der Waals surface area contributed by atoms with Crippen molar-refractivity contribution in [3.8, 4) is 5.75 Å². The third-order valence-corrected chi connectivity index (χ3v) is 5.61. The van der Waals surface area contributed by atoms with E-state index in [-0.39, 0.29) is 11.6 Å². The summed E-state index contributed by atoms with van der Waals surface area (Å²) in [5, 5.41) is 1.15. The number of methoxy groups -OCH3 is 1. The second-order valence-corrected chi connectivity index (χ2v) is 7.59. The van der Waals surface area contributed by atoms with Gasteiger partial charge in [-0.2, -0.15) is 0 Å². The van der Waals surface area contributed by atoms with Gasteiger partial charge in [0.1, 0.15) is 23.2 Å². The van der Waals surface area contributed by atoms with Gasteiger partial charge in [-0.1, -0.05) is 13.3 Å². The van der Waals surface area contributed by atoms with Crippen molar-refractivity contribution in [2.24, 2.45) is 10.9 Å². The van der Waals surface area contributed by atoms with Gasteiger partial charge in [0.05, 0.1) is 7.11 Å². The number of aliphatic imine (C=N–C) groups is 1. The second kappa shape index (κ2) is 9.18. The summed E-state index contributed by atoms with van der Waals surface area (Å²) in [5.41, 5.74) is 4.22. The monoisotopic (exact) mass is 382 g/mol. The summed E-state index contributed by atoms with van der Waals surface area (Å²) in [6, 6.07) is 6.02. The van der Waals surface area contributed by atoms with Gasteiger partial charge in [0.2, 0.25) is 0 Å². The Balaban J connectivity index is 1.77. The predicted octanol–water partition coefficient (Wildman–Crippen LogP) is 4.60. The van der Waals surface area contributed by atoms with Crippen LogP contribution in [0.1, 0.15) is 56.7 Å². The summed E-state index contributed by atoms with van der Waals surface area (Å²) in [6.45, 7) is 4.71. The Morgan fingerprint density at radius 3 is 2.89 bits per heavy atom. The van der Waals surface area contributed by atoms with Crippen LogP contribution in [0.4, 0.5) is 0 Å². The van der Waals surface area contributed by atoms with Crippen LogP contribution >= 0.6 is 0 Å². The molecule has 0 amide bonds. The number of carbonyl (C=O) groups is 2. The van der Waals surface area contributed by atoms with Gasteiger partial charge in [0.15, 0.2) is 0 Å². The van der Waals surface area contributed by atoms with Gasteiger partial charge in [0.25, 0.3) is 0 Å². The highest BCUT2D eigenvalue weighted by Gasteiger charge is 2.33. The van der Waals surface area contributed by atoms with E-state index >= 15 is 0 Å². The number of ether oxygens (including phenoxy) is 1. The molecule has 1 aromatic heterocycles. The number of rotatable bonds is 8. The number of ketones is 2. The number of carbonyl (C=O) groups excluding carboxylic acids is 2. The molecule has 0 radical (unpaired) electrons. The van der Waals surface area contributed by atoms with E-state index in [9.17, 15) is 9.59 Å². The minimum atomic E-state index is -0.593. The molecule has 0 aliphatic heterocycles. The summed E-state index contributed by atoms with van der Waals surface area (Å²) in [4.78, 5) is 33.1. The van der Waals surface area contributed by atoms with Gasteiger partial charge in [-0.15, -0.1) is 0 Å². The van der Waals surface area contributed by atoms with Gasteiger partial charge < -0.3 is 9.72 Å². The first-order valence-electron chi connectivity index (χ1n) is 10.3.